The van der Waals surface area contributed by atoms with Gasteiger partial charge >= 0.3 is 0 Å². The summed E-state index contributed by atoms with van der Waals surface area (Å²) in [6.07, 6.45) is 1.03. The van der Waals surface area contributed by atoms with Crippen LogP contribution in [0.3, 0.4) is 0 Å². The van der Waals surface area contributed by atoms with E-state index in [1.807, 2.05) is 12.1 Å². The molecule has 2 saturated heterocycles. The van der Waals surface area contributed by atoms with Crippen LogP contribution in [0.5, 0.6) is 0 Å². The highest BCUT2D eigenvalue weighted by molar-refractivity contribution is 14.1. The van der Waals surface area contributed by atoms with Gasteiger partial charge in [-0.05, 0) is 53.0 Å². The molecule has 2 fully saturated rings. The van der Waals surface area contributed by atoms with Crippen LogP contribution in [0.4, 0.5) is 11.4 Å². The Balaban J connectivity index is 1.98. The largest absolute Gasteiger partial charge is 0.362 e. The van der Waals surface area contributed by atoms with Crippen LogP contribution in [-0.2, 0) is 0 Å². The van der Waals surface area contributed by atoms with E-state index in [9.17, 15) is 10.1 Å². The molecule has 0 saturated carbocycles. The van der Waals surface area contributed by atoms with Crippen molar-refractivity contribution in [3.8, 4) is 0 Å². The van der Waals surface area contributed by atoms with Crippen LogP contribution < -0.4 is 10.2 Å². The molecule has 3 unspecified atom stereocenters. The van der Waals surface area contributed by atoms with Crippen molar-refractivity contribution in [1.29, 1.82) is 0 Å². The van der Waals surface area contributed by atoms with E-state index in [1.165, 1.54) is 0 Å². The molecule has 2 aliphatic heterocycles. The zero-order chi connectivity index (χ0) is 14.3. The molecule has 6 heteroatoms. The molecule has 20 heavy (non-hydrogen) atoms. The second-order valence-electron chi connectivity index (χ2n) is 5.60. The topological polar surface area (TPSA) is 58.4 Å². The van der Waals surface area contributed by atoms with Crippen LogP contribution in [-0.4, -0.2) is 30.6 Å². The van der Waals surface area contributed by atoms with Crippen molar-refractivity contribution in [2.24, 2.45) is 11.8 Å². The first kappa shape index (κ1) is 14.1. The number of nitro groups is 1. The maximum Gasteiger partial charge on any atom is 0.293 e. The summed E-state index contributed by atoms with van der Waals surface area (Å²) in [5, 5.41) is 14.8. The molecule has 0 bridgehead atoms. The van der Waals surface area contributed by atoms with Crippen LogP contribution in [0, 0.1) is 25.5 Å². The molecule has 3 rings (SSSR count). The zero-order valence-corrected chi connectivity index (χ0v) is 13.5. The lowest BCUT2D eigenvalue weighted by Crippen LogP contribution is -2.35. The summed E-state index contributed by atoms with van der Waals surface area (Å²) < 4.78 is 0.909. The van der Waals surface area contributed by atoms with E-state index in [1.54, 1.807) is 6.07 Å². The van der Waals surface area contributed by atoms with Gasteiger partial charge in [0.15, 0.2) is 0 Å². The zero-order valence-electron chi connectivity index (χ0n) is 11.4. The van der Waals surface area contributed by atoms with Gasteiger partial charge < -0.3 is 10.2 Å². The van der Waals surface area contributed by atoms with E-state index in [0.717, 1.165) is 35.3 Å². The molecular formula is C14H18IN3O2. The van der Waals surface area contributed by atoms with E-state index in [-0.39, 0.29) is 10.6 Å². The molecule has 2 heterocycles. The summed E-state index contributed by atoms with van der Waals surface area (Å²) in [5.41, 5.74) is 1.03. The maximum atomic E-state index is 11.3. The number of halogens is 1. The number of hydrogen-bond acceptors (Lipinski definition) is 4. The lowest BCUT2D eigenvalue weighted by molar-refractivity contribution is -0.384. The van der Waals surface area contributed by atoms with E-state index >= 15 is 0 Å². The first-order chi connectivity index (χ1) is 9.61. The first-order valence-electron chi connectivity index (χ1n) is 7.03. The Morgan fingerprint density at radius 1 is 1.50 bits per heavy atom. The fraction of sp³-hybridized carbons (Fsp3) is 0.571. The van der Waals surface area contributed by atoms with Gasteiger partial charge in [0.05, 0.1) is 4.92 Å². The van der Waals surface area contributed by atoms with Gasteiger partial charge in [0.25, 0.3) is 5.69 Å². The van der Waals surface area contributed by atoms with Gasteiger partial charge in [-0.3, -0.25) is 10.1 Å². The molecule has 0 radical (unpaired) electrons. The molecule has 1 aromatic rings. The minimum Gasteiger partial charge on any atom is -0.362 e. The normalized spacial score (nSPS) is 28.7. The third kappa shape index (κ3) is 2.28. The predicted molar refractivity (Wildman–Crippen MR) is 87.1 cm³/mol. The van der Waals surface area contributed by atoms with Gasteiger partial charge in [-0.15, -0.1) is 0 Å². The fourth-order valence-corrected chi connectivity index (χ4v) is 4.18. The standard InChI is InChI=1S/C14H18IN3O2/c1-2-12-11-7-16-6-9(11)8-17(12)13-4-3-10(15)5-14(13)18(19)20/h3-5,9,11-12,16H,2,6-8H2,1H3. The Labute approximate surface area is 132 Å². The summed E-state index contributed by atoms with van der Waals surface area (Å²) >= 11 is 2.13. The highest BCUT2D eigenvalue weighted by Gasteiger charge is 2.44. The first-order valence-corrected chi connectivity index (χ1v) is 8.11. The smallest absolute Gasteiger partial charge is 0.293 e. The predicted octanol–water partition coefficient (Wildman–Crippen LogP) is 2.63. The summed E-state index contributed by atoms with van der Waals surface area (Å²) in [4.78, 5) is 13.4. The second kappa shape index (κ2) is 5.48. The summed E-state index contributed by atoms with van der Waals surface area (Å²) in [6, 6.07) is 5.96. The van der Waals surface area contributed by atoms with Crippen molar-refractivity contribution in [2.45, 2.75) is 19.4 Å². The SMILES string of the molecule is CCC1C2CNCC2CN1c1ccc(I)cc1[N+](=O)[O-]. The van der Waals surface area contributed by atoms with E-state index in [0.29, 0.717) is 17.9 Å². The van der Waals surface area contributed by atoms with Crippen molar-refractivity contribution >= 4 is 34.0 Å². The number of fused-ring (bicyclic) bond motifs is 1. The number of anilines is 1. The second-order valence-corrected chi connectivity index (χ2v) is 6.85. The third-order valence-electron chi connectivity index (χ3n) is 4.58. The third-order valence-corrected chi connectivity index (χ3v) is 5.25. The average Bonchev–Trinajstić information content (AvgIpc) is 2.98. The molecule has 0 spiro atoms. The van der Waals surface area contributed by atoms with Gasteiger partial charge in [0.2, 0.25) is 0 Å². The van der Waals surface area contributed by atoms with Crippen LogP contribution in [0.2, 0.25) is 0 Å². The Kier molecular flexibility index (Phi) is 3.85. The molecule has 108 valence electrons. The van der Waals surface area contributed by atoms with Gasteiger partial charge in [-0.2, -0.15) is 0 Å². The van der Waals surface area contributed by atoms with Gasteiger partial charge in [0, 0.05) is 35.3 Å². The Morgan fingerprint density at radius 2 is 2.30 bits per heavy atom. The fourth-order valence-electron chi connectivity index (χ4n) is 3.71. The van der Waals surface area contributed by atoms with Gasteiger partial charge in [-0.25, -0.2) is 0 Å². The summed E-state index contributed by atoms with van der Waals surface area (Å²) in [7, 11) is 0. The number of nitrogens with zero attached hydrogens (tertiary/aromatic N) is 2. The molecule has 1 aromatic carbocycles. The van der Waals surface area contributed by atoms with Crippen molar-refractivity contribution in [2.75, 3.05) is 24.5 Å². The van der Waals surface area contributed by atoms with Crippen molar-refractivity contribution < 1.29 is 4.92 Å². The lowest BCUT2D eigenvalue weighted by atomic mass is 9.93. The van der Waals surface area contributed by atoms with Gasteiger partial charge in [-0.1, -0.05) is 6.92 Å². The molecule has 1 N–H and O–H groups in total. The average molecular weight is 387 g/mol. The van der Waals surface area contributed by atoms with Crippen LogP contribution in [0.25, 0.3) is 0 Å². The quantitative estimate of drug-likeness (QED) is 0.492. The molecule has 3 atom stereocenters. The molecule has 0 aliphatic carbocycles. The Hall–Kier alpha value is -0.890. The summed E-state index contributed by atoms with van der Waals surface area (Å²) in [5.74, 6) is 1.25. The van der Waals surface area contributed by atoms with Crippen LogP contribution >= 0.6 is 22.6 Å². The molecular weight excluding hydrogens is 369 g/mol. The summed E-state index contributed by atoms with van der Waals surface area (Å²) in [6.45, 7) is 5.18. The monoisotopic (exact) mass is 387 g/mol. The van der Waals surface area contributed by atoms with E-state index in [4.69, 9.17) is 0 Å². The number of nitrogens with one attached hydrogen (secondary N) is 1. The molecule has 2 aliphatic rings. The minimum absolute atomic E-state index is 0.239. The van der Waals surface area contributed by atoms with Crippen molar-refractivity contribution in [3.05, 3.63) is 31.9 Å². The number of nitro benzene ring substituents is 1. The molecule has 5 nitrogen and oxygen atoms in total. The van der Waals surface area contributed by atoms with Crippen LogP contribution in [0.15, 0.2) is 18.2 Å². The van der Waals surface area contributed by atoms with Crippen molar-refractivity contribution in [3.63, 3.8) is 0 Å². The Bertz CT molecular complexity index is 537. The van der Waals surface area contributed by atoms with Crippen LogP contribution in [0.1, 0.15) is 13.3 Å². The van der Waals surface area contributed by atoms with E-state index in [2.05, 4.69) is 39.7 Å². The maximum absolute atomic E-state index is 11.3. The van der Waals surface area contributed by atoms with Gasteiger partial charge in [0.1, 0.15) is 5.69 Å². The molecule has 0 aromatic heterocycles. The highest BCUT2D eigenvalue weighted by atomic mass is 127. The highest BCUT2D eigenvalue weighted by Crippen LogP contribution is 2.41. The minimum atomic E-state index is -0.253. The molecule has 0 amide bonds. The van der Waals surface area contributed by atoms with E-state index < -0.39 is 0 Å². The number of rotatable bonds is 3. The number of hydrogen-bond donors (Lipinski definition) is 1. The lowest BCUT2D eigenvalue weighted by Gasteiger charge is -2.28. The Morgan fingerprint density at radius 3 is 3.00 bits per heavy atom. The number of benzene rings is 1. The van der Waals surface area contributed by atoms with Crippen molar-refractivity contribution in [1.82, 2.24) is 5.32 Å².